The molecule has 1 aliphatic heterocycles. The lowest BCUT2D eigenvalue weighted by Crippen LogP contribution is -2.12. The topological polar surface area (TPSA) is 35.5 Å². The van der Waals surface area contributed by atoms with E-state index < -0.39 is 0 Å². The third-order valence-corrected chi connectivity index (χ3v) is 4.79. The summed E-state index contributed by atoms with van der Waals surface area (Å²) in [4.78, 5) is 12.2. The van der Waals surface area contributed by atoms with Crippen LogP contribution in [-0.2, 0) is 4.79 Å². The van der Waals surface area contributed by atoms with Crippen LogP contribution >= 0.6 is 23.2 Å². The predicted octanol–water partition coefficient (Wildman–Crippen LogP) is 5.25. The molecule has 1 heterocycles. The van der Waals surface area contributed by atoms with E-state index in [1.165, 1.54) is 0 Å². The van der Waals surface area contributed by atoms with Crippen LogP contribution in [0.5, 0.6) is 11.5 Å². The number of rotatable bonds is 2. The van der Waals surface area contributed by atoms with Crippen molar-refractivity contribution in [2.45, 2.75) is 18.8 Å². The molecule has 0 unspecified atom stereocenters. The van der Waals surface area contributed by atoms with Gasteiger partial charge in [0, 0.05) is 16.5 Å². The van der Waals surface area contributed by atoms with Crippen molar-refractivity contribution >= 4 is 34.6 Å². The number of ether oxygens (including phenoxy) is 2. The normalized spacial score (nSPS) is 19.3. The monoisotopic (exact) mass is 360 g/mol. The van der Waals surface area contributed by atoms with Gasteiger partial charge in [-0.3, -0.25) is 4.79 Å². The molecule has 0 saturated heterocycles. The standard InChI is InChI=1S/C19H14Cl2O3/c20-15-4-14(5-16(21)9-15)13-3-12(6-17(22)7-13)11-1-2-18-19(8-11)24-10-23-18/h1-2,4-5,7-9,12H,3,6,10H2/t12-/m1/s1. The average Bonchev–Trinajstić information content (AvgIpc) is 3.01. The van der Waals surface area contributed by atoms with Crippen LogP contribution in [-0.4, -0.2) is 12.6 Å². The van der Waals surface area contributed by atoms with Crippen LogP contribution in [0.3, 0.4) is 0 Å². The molecule has 0 N–H and O–H groups in total. The second kappa shape index (κ2) is 6.15. The Morgan fingerprint density at radius 3 is 2.46 bits per heavy atom. The second-order valence-electron chi connectivity index (χ2n) is 6.01. The molecule has 5 heteroatoms. The number of carbonyl (C=O) groups excluding carboxylic acids is 1. The Bertz CT molecular complexity index is 837. The van der Waals surface area contributed by atoms with Crippen molar-refractivity contribution in [2.24, 2.45) is 0 Å². The van der Waals surface area contributed by atoms with Crippen molar-refractivity contribution in [1.29, 1.82) is 0 Å². The van der Waals surface area contributed by atoms with Crippen molar-refractivity contribution in [3.8, 4) is 11.5 Å². The van der Waals surface area contributed by atoms with E-state index in [0.717, 1.165) is 34.6 Å². The van der Waals surface area contributed by atoms with E-state index in [1.807, 2.05) is 30.3 Å². The van der Waals surface area contributed by atoms with E-state index in [9.17, 15) is 4.79 Å². The largest absolute Gasteiger partial charge is 0.454 e. The molecule has 24 heavy (non-hydrogen) atoms. The van der Waals surface area contributed by atoms with E-state index >= 15 is 0 Å². The van der Waals surface area contributed by atoms with Crippen LogP contribution in [0.25, 0.3) is 5.57 Å². The lowest BCUT2D eigenvalue weighted by atomic mass is 9.81. The van der Waals surface area contributed by atoms with Gasteiger partial charge in [0.15, 0.2) is 17.3 Å². The Morgan fingerprint density at radius 1 is 0.917 bits per heavy atom. The number of ketones is 1. The molecule has 0 radical (unpaired) electrons. The Balaban J connectivity index is 1.66. The van der Waals surface area contributed by atoms with Gasteiger partial charge in [0.2, 0.25) is 6.79 Å². The zero-order valence-corrected chi connectivity index (χ0v) is 14.2. The highest BCUT2D eigenvalue weighted by molar-refractivity contribution is 6.34. The van der Waals surface area contributed by atoms with Crippen LogP contribution in [0.15, 0.2) is 42.5 Å². The number of allylic oxidation sites excluding steroid dienone is 2. The summed E-state index contributed by atoms with van der Waals surface area (Å²) >= 11 is 12.2. The van der Waals surface area contributed by atoms with Crippen molar-refractivity contribution < 1.29 is 14.3 Å². The number of hydrogen-bond acceptors (Lipinski definition) is 3. The van der Waals surface area contributed by atoms with Crippen LogP contribution in [0.2, 0.25) is 10.0 Å². The zero-order chi connectivity index (χ0) is 16.7. The van der Waals surface area contributed by atoms with Gasteiger partial charge in [-0.25, -0.2) is 0 Å². The minimum absolute atomic E-state index is 0.102. The van der Waals surface area contributed by atoms with E-state index in [-0.39, 0.29) is 18.5 Å². The van der Waals surface area contributed by atoms with Gasteiger partial charge in [0.1, 0.15) is 0 Å². The molecular weight excluding hydrogens is 347 g/mol. The van der Waals surface area contributed by atoms with Crippen LogP contribution in [0.4, 0.5) is 0 Å². The molecule has 0 spiro atoms. The molecule has 2 aromatic rings. The summed E-state index contributed by atoms with van der Waals surface area (Å²) in [6, 6.07) is 11.2. The third kappa shape index (κ3) is 3.02. The molecule has 1 atom stereocenters. The maximum Gasteiger partial charge on any atom is 0.231 e. The summed E-state index contributed by atoms with van der Waals surface area (Å²) in [5.74, 6) is 1.69. The Labute approximate surface area is 149 Å². The highest BCUT2D eigenvalue weighted by Gasteiger charge is 2.25. The number of carbonyl (C=O) groups is 1. The summed E-state index contributed by atoms with van der Waals surface area (Å²) in [5, 5.41) is 1.13. The summed E-state index contributed by atoms with van der Waals surface area (Å²) < 4.78 is 10.8. The van der Waals surface area contributed by atoms with Gasteiger partial charge >= 0.3 is 0 Å². The molecular formula is C19H14Cl2O3. The predicted molar refractivity (Wildman–Crippen MR) is 94.0 cm³/mol. The fourth-order valence-corrected chi connectivity index (χ4v) is 3.76. The zero-order valence-electron chi connectivity index (χ0n) is 12.7. The maximum atomic E-state index is 12.2. The van der Waals surface area contributed by atoms with E-state index in [2.05, 4.69) is 0 Å². The number of fused-ring (bicyclic) bond motifs is 1. The number of benzene rings is 2. The lowest BCUT2D eigenvalue weighted by Gasteiger charge is -2.23. The molecule has 4 rings (SSSR count). The van der Waals surface area contributed by atoms with Crippen LogP contribution < -0.4 is 9.47 Å². The Kier molecular flexibility index (Phi) is 3.99. The van der Waals surface area contributed by atoms with Gasteiger partial charge in [-0.15, -0.1) is 0 Å². The summed E-state index contributed by atoms with van der Waals surface area (Å²) in [5.41, 5.74) is 2.93. The summed E-state index contributed by atoms with van der Waals surface area (Å²) in [7, 11) is 0. The molecule has 0 amide bonds. The van der Waals surface area contributed by atoms with Crippen LogP contribution in [0, 0.1) is 0 Å². The van der Waals surface area contributed by atoms with Crippen molar-refractivity contribution in [1.82, 2.24) is 0 Å². The Hall–Kier alpha value is -1.97. The molecule has 0 aromatic heterocycles. The maximum absolute atomic E-state index is 12.2. The summed E-state index contributed by atoms with van der Waals surface area (Å²) in [6.45, 7) is 0.245. The first kappa shape index (κ1) is 15.6. The molecule has 2 aromatic carbocycles. The first-order chi connectivity index (χ1) is 11.6. The van der Waals surface area contributed by atoms with Gasteiger partial charge in [-0.1, -0.05) is 29.3 Å². The summed E-state index contributed by atoms with van der Waals surface area (Å²) in [6.07, 6.45) is 2.94. The highest BCUT2D eigenvalue weighted by atomic mass is 35.5. The molecule has 2 aliphatic rings. The quantitative estimate of drug-likeness (QED) is 0.733. The molecule has 1 aliphatic carbocycles. The minimum Gasteiger partial charge on any atom is -0.454 e. The van der Waals surface area contributed by atoms with Gasteiger partial charge in [-0.2, -0.15) is 0 Å². The van der Waals surface area contributed by atoms with Crippen molar-refractivity contribution in [3.63, 3.8) is 0 Å². The number of hydrogen-bond donors (Lipinski definition) is 0. The molecule has 3 nitrogen and oxygen atoms in total. The fraction of sp³-hybridized carbons (Fsp3) is 0.211. The SMILES string of the molecule is O=C1C=C(c2cc(Cl)cc(Cl)c2)C[C@@H](c2ccc3c(c2)OCO3)C1. The lowest BCUT2D eigenvalue weighted by molar-refractivity contribution is -0.115. The molecule has 0 bridgehead atoms. The van der Waals surface area contributed by atoms with Crippen LogP contribution in [0.1, 0.15) is 29.9 Å². The number of halogens is 2. The van der Waals surface area contributed by atoms with E-state index in [4.69, 9.17) is 32.7 Å². The minimum atomic E-state index is 0.102. The van der Waals surface area contributed by atoms with Gasteiger partial charge in [-0.05, 0) is 65.4 Å². The molecule has 0 saturated carbocycles. The van der Waals surface area contributed by atoms with E-state index in [1.54, 1.807) is 12.1 Å². The average molecular weight is 361 g/mol. The fourth-order valence-electron chi connectivity index (χ4n) is 3.24. The second-order valence-corrected chi connectivity index (χ2v) is 6.88. The molecule has 122 valence electrons. The van der Waals surface area contributed by atoms with Gasteiger partial charge in [0.05, 0.1) is 0 Å². The molecule has 0 fully saturated rings. The van der Waals surface area contributed by atoms with Gasteiger partial charge in [0.25, 0.3) is 0 Å². The van der Waals surface area contributed by atoms with Crippen molar-refractivity contribution in [3.05, 3.63) is 63.6 Å². The van der Waals surface area contributed by atoms with E-state index in [0.29, 0.717) is 16.5 Å². The smallest absolute Gasteiger partial charge is 0.231 e. The van der Waals surface area contributed by atoms with Crippen molar-refractivity contribution in [2.75, 3.05) is 6.79 Å². The Morgan fingerprint density at radius 2 is 1.67 bits per heavy atom. The van der Waals surface area contributed by atoms with Gasteiger partial charge < -0.3 is 9.47 Å². The first-order valence-corrected chi connectivity index (χ1v) is 8.43. The third-order valence-electron chi connectivity index (χ3n) is 4.35. The highest BCUT2D eigenvalue weighted by Crippen LogP contribution is 2.41. The first-order valence-electron chi connectivity index (χ1n) is 7.68.